The van der Waals surface area contributed by atoms with Crippen LogP contribution in [0, 0.1) is 11.7 Å². The SMILES string of the molecule is OC(CN1CCc2ccc(F)cc21)C1CCCC1. The van der Waals surface area contributed by atoms with Crippen LogP contribution in [0.15, 0.2) is 18.2 Å². The summed E-state index contributed by atoms with van der Waals surface area (Å²) < 4.78 is 13.3. The second-order valence-corrected chi connectivity index (χ2v) is 5.58. The van der Waals surface area contributed by atoms with E-state index in [4.69, 9.17) is 0 Å². The van der Waals surface area contributed by atoms with Crippen molar-refractivity contribution in [3.63, 3.8) is 0 Å². The van der Waals surface area contributed by atoms with Crippen molar-refractivity contribution < 1.29 is 9.50 Å². The van der Waals surface area contributed by atoms with Gasteiger partial charge in [0.1, 0.15) is 5.82 Å². The third-order valence-corrected chi connectivity index (χ3v) is 4.39. The van der Waals surface area contributed by atoms with Crippen LogP contribution < -0.4 is 4.90 Å². The third-order valence-electron chi connectivity index (χ3n) is 4.39. The van der Waals surface area contributed by atoms with Crippen LogP contribution in [0.2, 0.25) is 0 Å². The Bertz CT molecular complexity index is 429. The number of hydrogen-bond acceptors (Lipinski definition) is 2. The first kappa shape index (κ1) is 12.0. The van der Waals surface area contributed by atoms with E-state index >= 15 is 0 Å². The highest BCUT2D eigenvalue weighted by Crippen LogP contribution is 2.32. The number of aliphatic hydroxyl groups excluding tert-OH is 1. The summed E-state index contributed by atoms with van der Waals surface area (Å²) >= 11 is 0. The summed E-state index contributed by atoms with van der Waals surface area (Å²) in [7, 11) is 0. The Morgan fingerprint density at radius 1 is 1.33 bits per heavy atom. The largest absolute Gasteiger partial charge is 0.391 e. The van der Waals surface area contributed by atoms with Gasteiger partial charge in [0, 0.05) is 18.8 Å². The fraction of sp³-hybridized carbons (Fsp3) is 0.600. The number of hydrogen-bond donors (Lipinski definition) is 1. The van der Waals surface area contributed by atoms with E-state index < -0.39 is 0 Å². The van der Waals surface area contributed by atoms with Crippen molar-refractivity contribution in [1.29, 1.82) is 0 Å². The number of anilines is 1. The average molecular weight is 249 g/mol. The summed E-state index contributed by atoms with van der Waals surface area (Å²) in [6, 6.07) is 4.99. The van der Waals surface area contributed by atoms with Crippen molar-refractivity contribution in [2.45, 2.75) is 38.2 Å². The molecule has 1 atom stereocenters. The highest BCUT2D eigenvalue weighted by molar-refractivity contribution is 5.58. The van der Waals surface area contributed by atoms with Gasteiger partial charge in [-0.2, -0.15) is 0 Å². The van der Waals surface area contributed by atoms with Gasteiger partial charge in [-0.15, -0.1) is 0 Å². The maximum atomic E-state index is 13.3. The molecule has 0 bridgehead atoms. The van der Waals surface area contributed by atoms with Gasteiger partial charge in [-0.1, -0.05) is 18.9 Å². The first-order valence-corrected chi connectivity index (χ1v) is 6.95. The average Bonchev–Trinajstić information content (AvgIpc) is 2.99. The summed E-state index contributed by atoms with van der Waals surface area (Å²) in [6.45, 7) is 1.56. The molecule has 1 aliphatic carbocycles. The van der Waals surface area contributed by atoms with E-state index in [1.54, 1.807) is 6.07 Å². The molecular formula is C15H20FNO. The molecule has 1 saturated carbocycles. The molecule has 2 nitrogen and oxygen atoms in total. The van der Waals surface area contributed by atoms with Crippen molar-refractivity contribution in [1.82, 2.24) is 0 Å². The topological polar surface area (TPSA) is 23.5 Å². The summed E-state index contributed by atoms with van der Waals surface area (Å²) in [5, 5.41) is 10.3. The molecule has 1 unspecified atom stereocenters. The van der Waals surface area contributed by atoms with Gasteiger partial charge in [-0.3, -0.25) is 0 Å². The zero-order valence-electron chi connectivity index (χ0n) is 10.6. The van der Waals surface area contributed by atoms with Crippen molar-refractivity contribution in [3.8, 4) is 0 Å². The maximum absolute atomic E-state index is 13.3. The van der Waals surface area contributed by atoms with Gasteiger partial charge in [0.25, 0.3) is 0 Å². The van der Waals surface area contributed by atoms with Gasteiger partial charge in [0.2, 0.25) is 0 Å². The van der Waals surface area contributed by atoms with Crippen LogP contribution in [0.3, 0.4) is 0 Å². The van der Waals surface area contributed by atoms with Crippen LogP contribution in [0.5, 0.6) is 0 Å². The zero-order valence-corrected chi connectivity index (χ0v) is 10.6. The summed E-state index contributed by atoms with van der Waals surface area (Å²) in [4.78, 5) is 2.14. The molecule has 0 aromatic heterocycles. The van der Waals surface area contributed by atoms with E-state index in [0.29, 0.717) is 12.5 Å². The summed E-state index contributed by atoms with van der Waals surface area (Å²) in [5.41, 5.74) is 2.18. The van der Waals surface area contributed by atoms with Crippen LogP contribution in [0.4, 0.5) is 10.1 Å². The van der Waals surface area contributed by atoms with Gasteiger partial charge in [0.05, 0.1) is 6.10 Å². The summed E-state index contributed by atoms with van der Waals surface area (Å²) in [5.74, 6) is 0.263. The smallest absolute Gasteiger partial charge is 0.125 e. The van der Waals surface area contributed by atoms with Crippen LogP contribution >= 0.6 is 0 Å². The molecule has 0 amide bonds. The normalized spacial score (nSPS) is 21.3. The first-order valence-electron chi connectivity index (χ1n) is 6.95. The molecule has 3 heteroatoms. The lowest BCUT2D eigenvalue weighted by atomic mass is 10.0. The van der Waals surface area contributed by atoms with E-state index in [9.17, 15) is 9.50 Å². The highest BCUT2D eigenvalue weighted by Gasteiger charge is 2.27. The molecule has 1 aliphatic heterocycles. The molecule has 3 rings (SSSR count). The Kier molecular flexibility index (Phi) is 3.25. The second-order valence-electron chi connectivity index (χ2n) is 5.58. The van der Waals surface area contributed by atoms with E-state index in [-0.39, 0.29) is 11.9 Å². The van der Waals surface area contributed by atoms with Crippen molar-refractivity contribution >= 4 is 5.69 Å². The summed E-state index contributed by atoms with van der Waals surface area (Å²) in [6.07, 6.45) is 5.48. The van der Waals surface area contributed by atoms with Gasteiger partial charge < -0.3 is 10.0 Å². The van der Waals surface area contributed by atoms with Gasteiger partial charge in [-0.25, -0.2) is 4.39 Å². The van der Waals surface area contributed by atoms with Gasteiger partial charge in [0.15, 0.2) is 0 Å². The Morgan fingerprint density at radius 2 is 2.11 bits per heavy atom. The first-order chi connectivity index (χ1) is 8.74. The lowest BCUT2D eigenvalue weighted by Crippen LogP contribution is -2.34. The van der Waals surface area contributed by atoms with E-state index in [1.807, 2.05) is 6.07 Å². The molecule has 1 aromatic carbocycles. The predicted molar refractivity (Wildman–Crippen MR) is 70.3 cm³/mol. The molecule has 0 saturated heterocycles. The standard InChI is InChI=1S/C15H20FNO/c16-13-6-5-11-7-8-17(14(11)9-13)10-15(18)12-3-1-2-4-12/h5-6,9,12,15,18H,1-4,7-8,10H2. The van der Waals surface area contributed by atoms with Crippen molar-refractivity contribution in [2.75, 3.05) is 18.0 Å². The number of β-amino-alcohol motifs (C(OH)–C–C–N with tert-alkyl or cyclic N) is 1. The van der Waals surface area contributed by atoms with Crippen molar-refractivity contribution in [3.05, 3.63) is 29.6 Å². The fourth-order valence-electron chi connectivity index (χ4n) is 3.33. The number of benzene rings is 1. The molecule has 2 aliphatic rings. The van der Waals surface area contributed by atoms with Crippen molar-refractivity contribution in [2.24, 2.45) is 5.92 Å². The molecule has 1 heterocycles. The second kappa shape index (κ2) is 4.88. The molecule has 1 aromatic rings. The Morgan fingerprint density at radius 3 is 2.89 bits per heavy atom. The fourth-order valence-corrected chi connectivity index (χ4v) is 3.33. The molecule has 1 fully saturated rings. The molecule has 1 N–H and O–H groups in total. The number of aliphatic hydroxyl groups is 1. The van der Waals surface area contributed by atoms with Crippen LogP contribution in [0.25, 0.3) is 0 Å². The van der Waals surface area contributed by atoms with E-state index in [2.05, 4.69) is 4.90 Å². The van der Waals surface area contributed by atoms with E-state index in [0.717, 1.165) is 31.5 Å². The monoisotopic (exact) mass is 249 g/mol. The number of rotatable bonds is 3. The minimum atomic E-state index is -0.262. The molecule has 0 radical (unpaired) electrons. The molecule has 0 spiro atoms. The van der Waals surface area contributed by atoms with Crippen LogP contribution in [-0.4, -0.2) is 24.3 Å². The highest BCUT2D eigenvalue weighted by atomic mass is 19.1. The minimum Gasteiger partial charge on any atom is -0.391 e. The maximum Gasteiger partial charge on any atom is 0.125 e. The van der Waals surface area contributed by atoms with Crippen LogP contribution in [0.1, 0.15) is 31.2 Å². The van der Waals surface area contributed by atoms with Gasteiger partial charge >= 0.3 is 0 Å². The number of halogens is 1. The van der Waals surface area contributed by atoms with Gasteiger partial charge in [-0.05, 0) is 42.9 Å². The molecular weight excluding hydrogens is 229 g/mol. The Hall–Kier alpha value is -1.09. The Labute approximate surface area is 107 Å². The predicted octanol–water partition coefficient (Wildman–Crippen LogP) is 2.74. The lowest BCUT2D eigenvalue weighted by molar-refractivity contribution is 0.116. The lowest BCUT2D eigenvalue weighted by Gasteiger charge is -2.26. The minimum absolute atomic E-state index is 0.184. The number of nitrogens with zero attached hydrogens (tertiary/aromatic N) is 1. The number of fused-ring (bicyclic) bond motifs is 1. The third kappa shape index (κ3) is 2.24. The van der Waals surface area contributed by atoms with E-state index in [1.165, 1.54) is 24.5 Å². The quantitative estimate of drug-likeness (QED) is 0.890. The Balaban J connectivity index is 1.70. The molecule has 98 valence electrons. The molecule has 18 heavy (non-hydrogen) atoms. The zero-order chi connectivity index (χ0) is 12.5. The van der Waals surface area contributed by atoms with Crippen LogP contribution in [-0.2, 0) is 6.42 Å².